The summed E-state index contributed by atoms with van der Waals surface area (Å²) in [6.07, 6.45) is 3.71. The smallest absolute Gasteiger partial charge is 0.241 e. The quantitative estimate of drug-likeness (QED) is 0.767. The van der Waals surface area contributed by atoms with Crippen LogP contribution in [0.1, 0.15) is 42.1 Å². The van der Waals surface area contributed by atoms with Crippen LogP contribution >= 0.6 is 0 Å². The Bertz CT molecular complexity index is 861. The summed E-state index contributed by atoms with van der Waals surface area (Å²) in [5.74, 6) is -0.134. The van der Waals surface area contributed by atoms with Crippen LogP contribution in [0.2, 0.25) is 0 Å². The van der Waals surface area contributed by atoms with Gasteiger partial charge in [0.25, 0.3) is 0 Å². The van der Waals surface area contributed by atoms with Gasteiger partial charge in [0.15, 0.2) is 5.78 Å². The van der Waals surface area contributed by atoms with E-state index in [4.69, 9.17) is 0 Å². The highest BCUT2D eigenvalue weighted by atomic mass is 16.2. The molecule has 0 radical (unpaired) electrons. The summed E-state index contributed by atoms with van der Waals surface area (Å²) in [5.41, 5.74) is 1.72. The minimum atomic E-state index is -0.220. The standard InChI is InChI=1S/C24H29N3O2/c1-18(27-16-13-20(17-27)26-14-7-8-15-26)24(29)25-22-12-6-5-11-21(22)23(28)19-9-3-2-4-10-19/h2-6,9-12,18,20H,7-8,13-17H2,1H3,(H,25,29). The highest BCUT2D eigenvalue weighted by Gasteiger charge is 2.33. The number of anilines is 1. The molecule has 2 aliphatic heterocycles. The van der Waals surface area contributed by atoms with Gasteiger partial charge in [0.1, 0.15) is 0 Å². The molecule has 2 unspecified atom stereocenters. The Hall–Kier alpha value is -2.50. The van der Waals surface area contributed by atoms with Crippen LogP contribution in [-0.4, -0.2) is 59.8 Å². The normalized spacial score (nSPS) is 21.2. The fourth-order valence-electron chi connectivity index (χ4n) is 4.46. The maximum atomic E-state index is 13.0. The molecule has 0 aromatic heterocycles. The van der Waals surface area contributed by atoms with Crippen molar-refractivity contribution >= 4 is 17.4 Å². The Balaban J connectivity index is 1.43. The topological polar surface area (TPSA) is 52.7 Å². The zero-order valence-corrected chi connectivity index (χ0v) is 17.0. The van der Waals surface area contributed by atoms with E-state index in [1.54, 1.807) is 24.3 Å². The van der Waals surface area contributed by atoms with E-state index >= 15 is 0 Å². The number of hydrogen-bond donors (Lipinski definition) is 1. The van der Waals surface area contributed by atoms with E-state index in [2.05, 4.69) is 15.1 Å². The zero-order valence-electron chi connectivity index (χ0n) is 17.0. The van der Waals surface area contributed by atoms with Crippen molar-refractivity contribution in [2.24, 2.45) is 0 Å². The van der Waals surface area contributed by atoms with Crippen molar-refractivity contribution in [3.8, 4) is 0 Å². The molecule has 2 heterocycles. The van der Waals surface area contributed by atoms with Crippen LogP contribution < -0.4 is 5.32 Å². The first-order chi connectivity index (χ1) is 14.1. The third kappa shape index (κ3) is 4.41. The third-order valence-electron chi connectivity index (χ3n) is 6.24. The largest absolute Gasteiger partial charge is 0.324 e. The highest BCUT2D eigenvalue weighted by Crippen LogP contribution is 2.24. The number of likely N-dealkylation sites (tertiary alicyclic amines) is 2. The number of nitrogens with zero attached hydrogens (tertiary/aromatic N) is 2. The van der Waals surface area contributed by atoms with Gasteiger partial charge in [0, 0.05) is 30.3 Å². The van der Waals surface area contributed by atoms with E-state index in [0.29, 0.717) is 22.9 Å². The summed E-state index contributed by atoms with van der Waals surface area (Å²) < 4.78 is 0. The molecule has 5 heteroatoms. The molecule has 152 valence electrons. The second kappa shape index (κ2) is 8.89. The summed E-state index contributed by atoms with van der Waals surface area (Å²) in [5, 5.41) is 3.01. The first kappa shape index (κ1) is 19.8. The number of rotatable bonds is 6. The number of nitrogens with one attached hydrogen (secondary N) is 1. The molecule has 2 atom stereocenters. The molecular weight excluding hydrogens is 362 g/mol. The Morgan fingerprint density at radius 1 is 0.966 bits per heavy atom. The molecule has 0 saturated carbocycles. The van der Waals surface area contributed by atoms with E-state index in [-0.39, 0.29) is 17.7 Å². The first-order valence-electron chi connectivity index (χ1n) is 10.6. The van der Waals surface area contributed by atoms with E-state index < -0.39 is 0 Å². The minimum absolute atomic E-state index is 0.0552. The van der Waals surface area contributed by atoms with Gasteiger partial charge in [-0.25, -0.2) is 0 Å². The number of carbonyl (C=O) groups excluding carboxylic acids is 2. The lowest BCUT2D eigenvalue weighted by Gasteiger charge is -2.26. The molecule has 2 aromatic carbocycles. The van der Waals surface area contributed by atoms with Crippen molar-refractivity contribution in [2.45, 2.75) is 38.3 Å². The highest BCUT2D eigenvalue weighted by molar-refractivity contribution is 6.14. The molecule has 4 rings (SSSR count). The Kier molecular flexibility index (Phi) is 6.07. The second-order valence-electron chi connectivity index (χ2n) is 8.09. The first-order valence-corrected chi connectivity index (χ1v) is 10.6. The van der Waals surface area contributed by atoms with Crippen LogP contribution in [0.5, 0.6) is 0 Å². The molecule has 2 fully saturated rings. The molecule has 29 heavy (non-hydrogen) atoms. The van der Waals surface area contributed by atoms with Crippen molar-refractivity contribution in [2.75, 3.05) is 31.5 Å². The van der Waals surface area contributed by atoms with Gasteiger partial charge >= 0.3 is 0 Å². The second-order valence-corrected chi connectivity index (χ2v) is 8.09. The van der Waals surface area contributed by atoms with Crippen LogP contribution in [0, 0.1) is 0 Å². The summed E-state index contributed by atoms with van der Waals surface area (Å²) in [6, 6.07) is 16.8. The van der Waals surface area contributed by atoms with Crippen molar-refractivity contribution < 1.29 is 9.59 Å². The molecule has 2 aromatic rings. The van der Waals surface area contributed by atoms with E-state index in [1.807, 2.05) is 37.3 Å². The van der Waals surface area contributed by atoms with Gasteiger partial charge in [0.05, 0.1) is 11.7 Å². The van der Waals surface area contributed by atoms with Crippen LogP contribution in [0.3, 0.4) is 0 Å². The maximum absolute atomic E-state index is 13.0. The van der Waals surface area contributed by atoms with Crippen molar-refractivity contribution in [3.05, 3.63) is 65.7 Å². The van der Waals surface area contributed by atoms with Crippen molar-refractivity contribution in [1.29, 1.82) is 0 Å². The van der Waals surface area contributed by atoms with Gasteiger partial charge in [-0.3, -0.25) is 19.4 Å². The van der Waals surface area contributed by atoms with Gasteiger partial charge in [0.2, 0.25) is 5.91 Å². The predicted octanol–water partition coefficient (Wildman–Crippen LogP) is 3.41. The van der Waals surface area contributed by atoms with Crippen LogP contribution in [-0.2, 0) is 4.79 Å². The van der Waals surface area contributed by atoms with E-state index in [9.17, 15) is 9.59 Å². The third-order valence-corrected chi connectivity index (χ3v) is 6.24. The fourth-order valence-corrected chi connectivity index (χ4v) is 4.46. The number of hydrogen-bond acceptors (Lipinski definition) is 4. The minimum Gasteiger partial charge on any atom is -0.324 e. The molecule has 0 bridgehead atoms. The van der Waals surface area contributed by atoms with Crippen LogP contribution in [0.25, 0.3) is 0 Å². The molecule has 0 aliphatic carbocycles. The van der Waals surface area contributed by atoms with E-state index in [1.165, 1.54) is 25.9 Å². The molecule has 2 aliphatic rings. The van der Waals surface area contributed by atoms with Crippen molar-refractivity contribution in [1.82, 2.24) is 9.80 Å². The maximum Gasteiger partial charge on any atom is 0.241 e. The summed E-state index contributed by atoms with van der Waals surface area (Å²) >= 11 is 0. The summed E-state index contributed by atoms with van der Waals surface area (Å²) in [7, 11) is 0. The lowest BCUT2D eigenvalue weighted by molar-refractivity contribution is -0.120. The Morgan fingerprint density at radius 2 is 1.66 bits per heavy atom. The van der Waals surface area contributed by atoms with Gasteiger partial charge in [-0.05, 0) is 51.4 Å². The average molecular weight is 392 g/mol. The zero-order chi connectivity index (χ0) is 20.2. The number of amides is 1. The number of ketones is 1. The number of para-hydroxylation sites is 1. The monoisotopic (exact) mass is 391 g/mol. The van der Waals surface area contributed by atoms with Gasteiger partial charge < -0.3 is 5.32 Å². The molecule has 1 amide bonds. The summed E-state index contributed by atoms with van der Waals surface area (Å²) in [6.45, 7) is 6.23. The molecule has 0 spiro atoms. The molecular formula is C24H29N3O2. The van der Waals surface area contributed by atoms with Gasteiger partial charge in [-0.15, -0.1) is 0 Å². The molecule has 1 N–H and O–H groups in total. The van der Waals surface area contributed by atoms with E-state index in [0.717, 1.165) is 19.5 Å². The Labute approximate surface area is 172 Å². The molecule has 2 saturated heterocycles. The SMILES string of the molecule is CC(C(=O)Nc1ccccc1C(=O)c1ccccc1)N1CCC(N2CCCC2)C1. The number of carbonyl (C=O) groups is 2. The van der Waals surface area contributed by atoms with Gasteiger partial charge in [-0.1, -0.05) is 42.5 Å². The number of benzene rings is 2. The average Bonchev–Trinajstić information content (AvgIpc) is 3.45. The fraction of sp³-hybridized carbons (Fsp3) is 0.417. The van der Waals surface area contributed by atoms with Crippen LogP contribution in [0.15, 0.2) is 54.6 Å². The predicted molar refractivity (Wildman–Crippen MR) is 115 cm³/mol. The summed E-state index contributed by atoms with van der Waals surface area (Å²) in [4.78, 5) is 30.7. The van der Waals surface area contributed by atoms with Gasteiger partial charge in [-0.2, -0.15) is 0 Å². The lowest BCUT2D eigenvalue weighted by atomic mass is 10.0. The lowest BCUT2D eigenvalue weighted by Crippen LogP contribution is -2.43. The van der Waals surface area contributed by atoms with Crippen LogP contribution in [0.4, 0.5) is 5.69 Å². The molecule has 5 nitrogen and oxygen atoms in total. The Morgan fingerprint density at radius 3 is 2.41 bits per heavy atom. The van der Waals surface area contributed by atoms with Crippen molar-refractivity contribution in [3.63, 3.8) is 0 Å².